The monoisotopic (exact) mass is 485 g/mol. The summed E-state index contributed by atoms with van der Waals surface area (Å²) in [5, 5.41) is 10.5. The first-order valence-electron chi connectivity index (χ1n) is 13.2. The van der Waals surface area contributed by atoms with E-state index < -0.39 is 5.54 Å². The number of ether oxygens (including phenoxy) is 1. The highest BCUT2D eigenvalue weighted by molar-refractivity contribution is 5.90. The predicted molar refractivity (Wildman–Crippen MR) is 150 cm³/mol. The van der Waals surface area contributed by atoms with Gasteiger partial charge in [0.2, 0.25) is 5.91 Å². The van der Waals surface area contributed by atoms with E-state index in [2.05, 4.69) is 78.3 Å². The number of carbonyl (C=O) groups is 1. The summed E-state index contributed by atoms with van der Waals surface area (Å²) in [5.74, 6) is 0.934. The van der Waals surface area contributed by atoms with Gasteiger partial charge in [-0.2, -0.15) is 0 Å². The quantitative estimate of drug-likeness (QED) is 0.296. The molecule has 0 saturated heterocycles. The van der Waals surface area contributed by atoms with Gasteiger partial charge in [-0.15, -0.1) is 0 Å². The molecule has 0 aliphatic heterocycles. The zero-order valence-corrected chi connectivity index (χ0v) is 21.8. The Balaban J connectivity index is 1.46. The van der Waals surface area contributed by atoms with Crippen LogP contribution < -0.4 is 20.7 Å². The number of benzene rings is 3. The van der Waals surface area contributed by atoms with Gasteiger partial charge in [0.05, 0.1) is 7.11 Å². The van der Waals surface area contributed by atoms with E-state index >= 15 is 0 Å². The number of amides is 1. The number of methoxy groups -OCH3 is 1. The Bertz CT molecular complexity index is 1120. The number of carbonyl (C=O) groups excluding carboxylic acids is 1. The lowest BCUT2D eigenvalue weighted by Gasteiger charge is -2.38. The molecule has 0 spiro atoms. The second-order valence-corrected chi connectivity index (χ2v) is 9.90. The third-order valence-electron chi connectivity index (χ3n) is 7.24. The second-order valence-electron chi connectivity index (χ2n) is 9.90. The normalized spacial score (nSPS) is 15.5. The lowest BCUT2D eigenvalue weighted by Crippen LogP contribution is -2.56. The molecule has 1 aliphatic carbocycles. The van der Waals surface area contributed by atoms with Crippen LogP contribution in [0.3, 0.4) is 0 Å². The number of aryl methyl sites for hydroxylation is 1. The van der Waals surface area contributed by atoms with Crippen molar-refractivity contribution in [3.63, 3.8) is 0 Å². The Hall–Kier alpha value is -3.47. The van der Waals surface area contributed by atoms with E-state index in [1.54, 1.807) is 7.11 Å². The number of hydrogen-bond donors (Lipinski definition) is 3. The van der Waals surface area contributed by atoms with Gasteiger partial charge in [0.25, 0.3) is 0 Å². The van der Waals surface area contributed by atoms with Crippen LogP contribution in [0.2, 0.25) is 0 Å². The molecule has 5 heteroatoms. The Morgan fingerprint density at radius 1 is 0.917 bits per heavy atom. The molecule has 5 nitrogen and oxygen atoms in total. The molecular formula is C31H39N3O2. The lowest BCUT2D eigenvalue weighted by atomic mass is 9.80. The van der Waals surface area contributed by atoms with Crippen LogP contribution in [0.4, 0.5) is 11.4 Å². The van der Waals surface area contributed by atoms with E-state index in [4.69, 9.17) is 4.74 Å². The van der Waals surface area contributed by atoms with Crippen LogP contribution in [0, 0.1) is 6.92 Å². The fourth-order valence-corrected chi connectivity index (χ4v) is 4.93. The van der Waals surface area contributed by atoms with Gasteiger partial charge in [0.1, 0.15) is 11.3 Å². The highest BCUT2D eigenvalue weighted by Gasteiger charge is 2.40. The van der Waals surface area contributed by atoms with Gasteiger partial charge in [0, 0.05) is 24.0 Å². The van der Waals surface area contributed by atoms with Crippen molar-refractivity contribution in [3.05, 3.63) is 78.4 Å². The van der Waals surface area contributed by atoms with Gasteiger partial charge >= 0.3 is 0 Å². The summed E-state index contributed by atoms with van der Waals surface area (Å²) in [5.41, 5.74) is 5.01. The largest absolute Gasteiger partial charge is 0.497 e. The summed E-state index contributed by atoms with van der Waals surface area (Å²) >= 11 is 0. The molecule has 190 valence electrons. The standard InChI is InChI=1S/C31H39N3O2/c1-4-26(22-32-27-15-17-29(36-3)18-16-27)33-30(35)31(19-6-5-7-20-31)34-28-10-8-9-25(21-28)24-13-11-23(2)12-14-24/h8-18,21,26,32,34H,4-7,19-20,22H2,1-3H3,(H,33,35)/t26-/m0/s1. The van der Waals surface area contributed by atoms with Gasteiger partial charge in [0.15, 0.2) is 0 Å². The Morgan fingerprint density at radius 3 is 2.31 bits per heavy atom. The smallest absolute Gasteiger partial charge is 0.245 e. The predicted octanol–water partition coefficient (Wildman–Crippen LogP) is 6.79. The van der Waals surface area contributed by atoms with E-state index in [0.29, 0.717) is 6.54 Å². The number of hydrogen-bond acceptors (Lipinski definition) is 4. The number of rotatable bonds is 10. The summed E-state index contributed by atoms with van der Waals surface area (Å²) in [6, 6.07) is 24.9. The van der Waals surface area contributed by atoms with Crippen molar-refractivity contribution in [1.82, 2.24) is 5.32 Å². The second kappa shape index (κ2) is 12.0. The molecule has 1 amide bonds. The first-order chi connectivity index (χ1) is 17.5. The average molecular weight is 486 g/mol. The third-order valence-corrected chi connectivity index (χ3v) is 7.24. The third kappa shape index (κ3) is 6.39. The van der Waals surface area contributed by atoms with Crippen LogP contribution >= 0.6 is 0 Å². The molecule has 1 fully saturated rings. The molecule has 0 heterocycles. The minimum absolute atomic E-state index is 0.0408. The van der Waals surface area contributed by atoms with Crippen molar-refractivity contribution >= 4 is 17.3 Å². The molecule has 3 N–H and O–H groups in total. The molecule has 36 heavy (non-hydrogen) atoms. The Labute approximate surface area is 215 Å². The summed E-state index contributed by atoms with van der Waals surface area (Å²) in [7, 11) is 1.67. The van der Waals surface area contributed by atoms with Crippen molar-refractivity contribution in [2.45, 2.75) is 64.0 Å². The summed E-state index contributed by atoms with van der Waals surface area (Å²) in [6.07, 6.45) is 5.83. The van der Waals surface area contributed by atoms with Crippen molar-refractivity contribution in [2.24, 2.45) is 0 Å². The maximum absolute atomic E-state index is 13.8. The van der Waals surface area contributed by atoms with Crippen LogP contribution in [-0.2, 0) is 4.79 Å². The zero-order chi connectivity index (χ0) is 25.4. The number of nitrogens with one attached hydrogen (secondary N) is 3. The Morgan fingerprint density at radius 2 is 1.64 bits per heavy atom. The molecule has 4 rings (SSSR count). The maximum atomic E-state index is 13.8. The maximum Gasteiger partial charge on any atom is 0.245 e. The fourth-order valence-electron chi connectivity index (χ4n) is 4.93. The molecular weight excluding hydrogens is 446 g/mol. The first kappa shape index (κ1) is 25.6. The van der Waals surface area contributed by atoms with E-state index in [9.17, 15) is 4.79 Å². The molecule has 0 unspecified atom stereocenters. The van der Waals surface area contributed by atoms with Crippen molar-refractivity contribution in [3.8, 4) is 16.9 Å². The fraction of sp³-hybridized carbons (Fsp3) is 0.387. The minimum atomic E-state index is -0.586. The van der Waals surface area contributed by atoms with Gasteiger partial charge < -0.3 is 20.7 Å². The highest BCUT2D eigenvalue weighted by atomic mass is 16.5. The molecule has 3 aromatic carbocycles. The van der Waals surface area contributed by atoms with Crippen LogP contribution in [0.25, 0.3) is 11.1 Å². The van der Waals surface area contributed by atoms with E-state index in [0.717, 1.165) is 54.8 Å². The first-order valence-corrected chi connectivity index (χ1v) is 13.2. The molecule has 3 aromatic rings. The SMILES string of the molecule is CC[C@@H](CNc1ccc(OC)cc1)NC(=O)C1(Nc2cccc(-c3ccc(C)cc3)c2)CCCCC1. The van der Waals surface area contributed by atoms with Crippen molar-refractivity contribution in [2.75, 3.05) is 24.3 Å². The van der Waals surface area contributed by atoms with Gasteiger partial charge in [-0.3, -0.25) is 4.79 Å². The zero-order valence-electron chi connectivity index (χ0n) is 21.8. The van der Waals surface area contributed by atoms with Crippen molar-refractivity contribution < 1.29 is 9.53 Å². The highest BCUT2D eigenvalue weighted by Crippen LogP contribution is 2.33. The van der Waals surface area contributed by atoms with Crippen LogP contribution in [0.15, 0.2) is 72.8 Å². The summed E-state index contributed by atoms with van der Waals surface area (Å²) < 4.78 is 5.24. The molecule has 1 saturated carbocycles. The van der Waals surface area contributed by atoms with Crippen LogP contribution in [-0.4, -0.2) is 31.1 Å². The van der Waals surface area contributed by atoms with Crippen molar-refractivity contribution in [1.29, 1.82) is 0 Å². The Kier molecular flexibility index (Phi) is 8.52. The topological polar surface area (TPSA) is 62.4 Å². The molecule has 0 radical (unpaired) electrons. The van der Waals surface area contributed by atoms with E-state index in [1.807, 2.05) is 24.3 Å². The summed E-state index contributed by atoms with van der Waals surface area (Å²) in [6.45, 7) is 4.89. The summed E-state index contributed by atoms with van der Waals surface area (Å²) in [4.78, 5) is 13.8. The number of anilines is 2. The molecule has 1 atom stereocenters. The molecule has 1 aliphatic rings. The lowest BCUT2D eigenvalue weighted by molar-refractivity contribution is -0.127. The van der Waals surface area contributed by atoms with Gasteiger partial charge in [-0.25, -0.2) is 0 Å². The van der Waals surface area contributed by atoms with Gasteiger partial charge in [-0.05, 0) is 73.7 Å². The average Bonchev–Trinajstić information content (AvgIpc) is 2.92. The molecule has 0 aromatic heterocycles. The van der Waals surface area contributed by atoms with E-state index in [1.165, 1.54) is 17.5 Å². The van der Waals surface area contributed by atoms with Crippen LogP contribution in [0.1, 0.15) is 51.0 Å². The van der Waals surface area contributed by atoms with Crippen LogP contribution in [0.5, 0.6) is 5.75 Å². The van der Waals surface area contributed by atoms with Gasteiger partial charge in [-0.1, -0.05) is 68.1 Å². The molecule has 0 bridgehead atoms. The minimum Gasteiger partial charge on any atom is -0.497 e. The van der Waals surface area contributed by atoms with E-state index in [-0.39, 0.29) is 11.9 Å².